The lowest BCUT2D eigenvalue weighted by Crippen LogP contribution is -1.97. The predicted molar refractivity (Wildman–Crippen MR) is 95.2 cm³/mol. The first-order chi connectivity index (χ1) is 11.7. The van der Waals surface area contributed by atoms with Crippen LogP contribution in [-0.2, 0) is 0 Å². The second-order valence-corrected chi connectivity index (χ2v) is 5.71. The number of para-hydroxylation sites is 2. The van der Waals surface area contributed by atoms with Crippen molar-refractivity contribution in [2.24, 2.45) is 0 Å². The number of rotatable bonds is 5. The van der Waals surface area contributed by atoms with Gasteiger partial charge in [-0.25, -0.2) is 4.68 Å². The molecule has 122 valence electrons. The van der Waals surface area contributed by atoms with Crippen molar-refractivity contribution in [1.82, 2.24) is 9.78 Å². The molecule has 0 saturated carbocycles. The Bertz CT molecular complexity index is 875. The maximum atomic E-state index is 11.7. The average molecular weight is 387 g/mol. The summed E-state index contributed by atoms with van der Waals surface area (Å²) in [5, 5.41) is 4.61. The third-order valence-electron chi connectivity index (χ3n) is 3.64. The van der Waals surface area contributed by atoms with Crippen molar-refractivity contribution in [3.05, 3.63) is 58.7 Å². The Kier molecular flexibility index (Phi) is 4.66. The fourth-order valence-electron chi connectivity index (χ4n) is 2.53. The Hall–Kier alpha value is -2.60. The molecule has 0 fully saturated rings. The Morgan fingerprint density at radius 2 is 1.79 bits per heavy atom. The molecule has 0 aliphatic heterocycles. The quantitative estimate of drug-likeness (QED) is 0.618. The van der Waals surface area contributed by atoms with Crippen LogP contribution >= 0.6 is 15.9 Å². The van der Waals surface area contributed by atoms with Gasteiger partial charge in [0.2, 0.25) is 0 Å². The molecule has 0 saturated heterocycles. The van der Waals surface area contributed by atoms with E-state index in [1.807, 2.05) is 42.5 Å². The van der Waals surface area contributed by atoms with Crippen LogP contribution in [0.2, 0.25) is 0 Å². The third-order valence-corrected chi connectivity index (χ3v) is 4.40. The highest BCUT2D eigenvalue weighted by Gasteiger charge is 2.22. The summed E-state index contributed by atoms with van der Waals surface area (Å²) in [5.74, 6) is 1.12. The largest absolute Gasteiger partial charge is 0.493 e. The number of benzene rings is 2. The van der Waals surface area contributed by atoms with E-state index in [0.29, 0.717) is 32.9 Å². The standard InChI is InChI=1S/C18H15BrN2O3/c1-23-15-10-6-9-13(17(15)24-2)16-14(11-22)18(19)21(20-16)12-7-4-3-5-8-12/h3-11H,1-2H3. The van der Waals surface area contributed by atoms with Gasteiger partial charge >= 0.3 is 0 Å². The molecule has 0 radical (unpaired) electrons. The van der Waals surface area contributed by atoms with E-state index < -0.39 is 0 Å². The molecule has 0 spiro atoms. The van der Waals surface area contributed by atoms with Gasteiger partial charge in [-0.2, -0.15) is 5.10 Å². The molecule has 1 heterocycles. The van der Waals surface area contributed by atoms with Crippen molar-refractivity contribution in [3.8, 4) is 28.4 Å². The monoisotopic (exact) mass is 386 g/mol. The zero-order valence-electron chi connectivity index (χ0n) is 13.2. The van der Waals surface area contributed by atoms with E-state index >= 15 is 0 Å². The minimum absolute atomic E-state index is 0.449. The SMILES string of the molecule is COc1cccc(-c2nn(-c3ccccc3)c(Br)c2C=O)c1OC. The molecule has 0 amide bonds. The number of hydrogen-bond donors (Lipinski definition) is 0. The Morgan fingerprint density at radius 1 is 1.04 bits per heavy atom. The minimum Gasteiger partial charge on any atom is -0.493 e. The predicted octanol–water partition coefficient (Wildman–Crippen LogP) is 4.13. The summed E-state index contributed by atoms with van der Waals surface area (Å²) < 4.78 is 13.1. The number of hydrogen-bond acceptors (Lipinski definition) is 4. The molecular weight excluding hydrogens is 372 g/mol. The van der Waals surface area contributed by atoms with Gasteiger partial charge in [0.05, 0.1) is 25.5 Å². The van der Waals surface area contributed by atoms with Gasteiger partial charge in [0.1, 0.15) is 10.3 Å². The molecule has 0 atom stereocenters. The molecule has 6 heteroatoms. The van der Waals surface area contributed by atoms with Crippen LogP contribution in [-0.4, -0.2) is 30.3 Å². The lowest BCUT2D eigenvalue weighted by Gasteiger charge is -2.11. The maximum absolute atomic E-state index is 11.7. The van der Waals surface area contributed by atoms with E-state index in [1.54, 1.807) is 25.0 Å². The number of nitrogens with zero attached hydrogens (tertiary/aromatic N) is 2. The highest BCUT2D eigenvalue weighted by Crippen LogP contribution is 2.40. The van der Waals surface area contributed by atoms with Crippen LogP contribution in [0, 0.1) is 0 Å². The lowest BCUT2D eigenvalue weighted by molar-refractivity contribution is 0.112. The van der Waals surface area contributed by atoms with Crippen molar-refractivity contribution >= 4 is 22.2 Å². The van der Waals surface area contributed by atoms with Gasteiger partial charge in [-0.05, 0) is 40.2 Å². The highest BCUT2D eigenvalue weighted by molar-refractivity contribution is 9.10. The Morgan fingerprint density at radius 3 is 2.42 bits per heavy atom. The summed E-state index contributed by atoms with van der Waals surface area (Å²) in [6.45, 7) is 0. The van der Waals surface area contributed by atoms with Gasteiger partial charge in [0.25, 0.3) is 0 Å². The van der Waals surface area contributed by atoms with Gasteiger partial charge in [-0.1, -0.05) is 24.3 Å². The van der Waals surface area contributed by atoms with Crippen LogP contribution < -0.4 is 9.47 Å². The molecule has 5 nitrogen and oxygen atoms in total. The van der Waals surface area contributed by atoms with Crippen molar-refractivity contribution in [1.29, 1.82) is 0 Å². The molecule has 3 aromatic rings. The van der Waals surface area contributed by atoms with Crippen molar-refractivity contribution in [2.75, 3.05) is 14.2 Å². The van der Waals surface area contributed by atoms with Gasteiger partial charge in [0.15, 0.2) is 17.8 Å². The molecule has 0 aliphatic carbocycles. The zero-order chi connectivity index (χ0) is 17.1. The van der Waals surface area contributed by atoms with Gasteiger partial charge in [0, 0.05) is 5.56 Å². The van der Waals surface area contributed by atoms with E-state index in [1.165, 1.54) is 0 Å². The summed E-state index contributed by atoms with van der Waals surface area (Å²) in [6, 6.07) is 15.1. The first-order valence-corrected chi connectivity index (χ1v) is 8.01. The van der Waals surface area contributed by atoms with Gasteiger partial charge < -0.3 is 9.47 Å². The molecule has 2 aromatic carbocycles. The van der Waals surface area contributed by atoms with E-state index in [0.717, 1.165) is 12.0 Å². The average Bonchev–Trinajstić information content (AvgIpc) is 2.97. The number of ether oxygens (including phenoxy) is 2. The summed E-state index contributed by atoms with van der Waals surface area (Å²) in [7, 11) is 3.13. The van der Waals surface area contributed by atoms with Crippen LogP contribution in [0.3, 0.4) is 0 Å². The smallest absolute Gasteiger partial charge is 0.170 e. The molecule has 3 rings (SSSR count). The van der Waals surface area contributed by atoms with Crippen LogP contribution in [0.15, 0.2) is 53.1 Å². The molecule has 0 bridgehead atoms. The van der Waals surface area contributed by atoms with Crippen LogP contribution in [0.5, 0.6) is 11.5 Å². The fraction of sp³-hybridized carbons (Fsp3) is 0.111. The molecule has 1 aromatic heterocycles. The number of aldehydes is 1. The van der Waals surface area contributed by atoms with Crippen LogP contribution in [0.1, 0.15) is 10.4 Å². The van der Waals surface area contributed by atoms with E-state index in [2.05, 4.69) is 21.0 Å². The number of methoxy groups -OCH3 is 2. The molecule has 0 N–H and O–H groups in total. The normalized spacial score (nSPS) is 10.5. The molecular formula is C18H15BrN2O3. The molecule has 0 unspecified atom stereocenters. The van der Waals surface area contributed by atoms with Crippen molar-refractivity contribution in [3.63, 3.8) is 0 Å². The summed E-state index contributed by atoms with van der Waals surface area (Å²) in [5.41, 5.74) is 2.51. The van der Waals surface area contributed by atoms with E-state index in [9.17, 15) is 4.79 Å². The summed E-state index contributed by atoms with van der Waals surface area (Å²) in [4.78, 5) is 11.7. The second-order valence-electron chi connectivity index (χ2n) is 4.96. The lowest BCUT2D eigenvalue weighted by atomic mass is 10.1. The molecule has 24 heavy (non-hydrogen) atoms. The number of aromatic nitrogens is 2. The Balaban J connectivity index is 2.25. The topological polar surface area (TPSA) is 53.4 Å². The Labute approximate surface area is 148 Å². The van der Waals surface area contributed by atoms with Gasteiger partial charge in [-0.15, -0.1) is 0 Å². The fourth-order valence-corrected chi connectivity index (χ4v) is 3.09. The number of carbonyl (C=O) groups excluding carboxylic acids is 1. The van der Waals surface area contributed by atoms with E-state index in [4.69, 9.17) is 9.47 Å². The number of carbonyl (C=O) groups is 1. The van der Waals surface area contributed by atoms with Crippen LogP contribution in [0.4, 0.5) is 0 Å². The first kappa shape index (κ1) is 16.3. The van der Waals surface area contributed by atoms with Crippen LogP contribution in [0.25, 0.3) is 16.9 Å². The zero-order valence-corrected chi connectivity index (χ0v) is 14.8. The van der Waals surface area contributed by atoms with Gasteiger partial charge in [-0.3, -0.25) is 4.79 Å². The minimum atomic E-state index is 0.449. The summed E-state index contributed by atoms with van der Waals surface area (Å²) in [6.07, 6.45) is 0.783. The first-order valence-electron chi connectivity index (χ1n) is 7.21. The second kappa shape index (κ2) is 6.88. The molecule has 0 aliphatic rings. The third kappa shape index (κ3) is 2.69. The van der Waals surface area contributed by atoms with E-state index in [-0.39, 0.29) is 0 Å². The van der Waals surface area contributed by atoms with Crippen molar-refractivity contribution < 1.29 is 14.3 Å². The number of halogens is 1. The highest BCUT2D eigenvalue weighted by atomic mass is 79.9. The maximum Gasteiger partial charge on any atom is 0.170 e. The summed E-state index contributed by atoms with van der Waals surface area (Å²) >= 11 is 3.48. The van der Waals surface area contributed by atoms with Crippen molar-refractivity contribution in [2.45, 2.75) is 0 Å².